The van der Waals surface area contributed by atoms with Crippen molar-refractivity contribution in [2.45, 2.75) is 30.8 Å². The van der Waals surface area contributed by atoms with E-state index in [0.29, 0.717) is 16.6 Å². The van der Waals surface area contributed by atoms with Gasteiger partial charge < -0.3 is 5.32 Å². The summed E-state index contributed by atoms with van der Waals surface area (Å²) in [6.07, 6.45) is -4.65. The molecular formula is C12H10F3N3OS2. The number of carbonyl (C=O) groups excluding carboxylic acids is 1. The molecule has 21 heavy (non-hydrogen) atoms. The number of amides is 1. The Morgan fingerprint density at radius 3 is 2.62 bits per heavy atom. The highest BCUT2D eigenvalue weighted by atomic mass is 32.2. The quantitative estimate of drug-likeness (QED) is 0.904. The lowest BCUT2D eigenvalue weighted by atomic mass is 10.1. The van der Waals surface area contributed by atoms with E-state index in [1.807, 2.05) is 6.07 Å². The van der Waals surface area contributed by atoms with Crippen LogP contribution in [0.2, 0.25) is 0 Å². The molecule has 1 aliphatic rings. The summed E-state index contributed by atoms with van der Waals surface area (Å²) in [4.78, 5) is 16.9. The van der Waals surface area contributed by atoms with Gasteiger partial charge in [0.25, 0.3) is 5.91 Å². The molecule has 1 amide bonds. The molecule has 0 bridgehead atoms. The molecule has 4 nitrogen and oxygen atoms in total. The number of carbonyl (C=O) groups is 1. The van der Waals surface area contributed by atoms with Crippen LogP contribution >= 0.6 is 23.1 Å². The van der Waals surface area contributed by atoms with Crippen LogP contribution in [0.25, 0.3) is 0 Å². The first kappa shape index (κ1) is 15.9. The van der Waals surface area contributed by atoms with Crippen molar-refractivity contribution in [3.63, 3.8) is 0 Å². The van der Waals surface area contributed by atoms with Crippen LogP contribution in [0.4, 0.5) is 13.2 Å². The molecule has 0 spiro atoms. The van der Waals surface area contributed by atoms with E-state index in [1.165, 1.54) is 11.3 Å². The van der Waals surface area contributed by atoms with Crippen molar-refractivity contribution in [2.75, 3.05) is 0 Å². The van der Waals surface area contributed by atoms with E-state index in [4.69, 9.17) is 5.26 Å². The van der Waals surface area contributed by atoms with Gasteiger partial charge in [0.05, 0.1) is 6.04 Å². The minimum absolute atomic E-state index is 0.0563. The van der Waals surface area contributed by atoms with Gasteiger partial charge in [0, 0.05) is 4.88 Å². The number of alkyl halides is 3. The van der Waals surface area contributed by atoms with Gasteiger partial charge in [0.15, 0.2) is 9.91 Å². The maximum Gasteiger partial charge on any atom is 0.412 e. The second-order valence-corrected chi connectivity index (χ2v) is 7.03. The van der Waals surface area contributed by atoms with Crippen molar-refractivity contribution in [2.24, 2.45) is 4.99 Å². The zero-order chi connectivity index (χ0) is 15.8. The Kier molecular flexibility index (Phi) is 4.04. The van der Waals surface area contributed by atoms with Gasteiger partial charge in [-0.25, -0.2) is 0 Å². The Morgan fingerprint density at radius 2 is 2.14 bits per heavy atom. The Morgan fingerprint density at radius 1 is 1.48 bits per heavy atom. The number of thiophene rings is 1. The molecule has 1 unspecified atom stereocenters. The highest BCUT2D eigenvalue weighted by Gasteiger charge is 2.61. The highest BCUT2D eigenvalue weighted by Crippen LogP contribution is 2.45. The zero-order valence-electron chi connectivity index (χ0n) is 11.0. The number of rotatable bonds is 2. The van der Waals surface area contributed by atoms with Crippen LogP contribution in [-0.2, 0) is 4.79 Å². The van der Waals surface area contributed by atoms with E-state index >= 15 is 0 Å². The van der Waals surface area contributed by atoms with Crippen molar-refractivity contribution in [1.29, 1.82) is 5.26 Å². The number of thioether (sulfide) groups is 1. The summed E-state index contributed by atoms with van der Waals surface area (Å²) in [5.74, 6) is -1.12. The molecule has 0 aliphatic carbocycles. The van der Waals surface area contributed by atoms with Crippen LogP contribution in [-0.4, -0.2) is 22.0 Å². The second kappa shape index (κ2) is 5.35. The van der Waals surface area contributed by atoms with Crippen molar-refractivity contribution in [3.8, 4) is 6.07 Å². The molecule has 0 aromatic carbocycles. The molecule has 1 aromatic rings. The predicted molar refractivity (Wildman–Crippen MR) is 75.1 cm³/mol. The fourth-order valence-electron chi connectivity index (χ4n) is 1.60. The van der Waals surface area contributed by atoms with E-state index in [2.05, 4.69) is 10.3 Å². The van der Waals surface area contributed by atoms with Crippen LogP contribution in [0.5, 0.6) is 0 Å². The number of nitrogens with zero attached hydrogens (tertiary/aromatic N) is 2. The average molecular weight is 333 g/mol. The lowest BCUT2D eigenvalue weighted by molar-refractivity contribution is -0.166. The monoisotopic (exact) mass is 333 g/mol. The minimum Gasteiger partial charge on any atom is -0.304 e. The summed E-state index contributed by atoms with van der Waals surface area (Å²) in [6, 6.07) is 4.87. The fourth-order valence-corrected chi connectivity index (χ4v) is 3.40. The molecule has 0 radical (unpaired) electrons. The molecule has 2 atom stereocenters. The fraction of sp³-hybridized carbons (Fsp3) is 0.417. The van der Waals surface area contributed by atoms with Gasteiger partial charge in [-0.15, -0.1) is 11.3 Å². The summed E-state index contributed by atoms with van der Waals surface area (Å²) in [6.45, 7) is 2.52. The first-order valence-electron chi connectivity index (χ1n) is 5.82. The maximum atomic E-state index is 12.9. The molecule has 1 fully saturated rings. The molecule has 1 N–H and O–H groups in total. The van der Waals surface area contributed by atoms with Crippen molar-refractivity contribution < 1.29 is 18.0 Å². The first-order chi connectivity index (χ1) is 9.67. The number of aliphatic imine (C=N–C) groups is 1. The van der Waals surface area contributed by atoms with E-state index in [1.54, 1.807) is 19.1 Å². The van der Waals surface area contributed by atoms with Crippen molar-refractivity contribution in [3.05, 3.63) is 21.9 Å². The van der Waals surface area contributed by atoms with Gasteiger partial charge in [0.2, 0.25) is 0 Å². The molecule has 1 aliphatic heterocycles. The molecule has 2 heterocycles. The molecule has 1 aromatic heterocycles. The van der Waals surface area contributed by atoms with Crippen molar-refractivity contribution >= 4 is 34.2 Å². The lowest BCUT2D eigenvalue weighted by Gasteiger charge is -2.21. The Hall–Kier alpha value is -1.53. The third-order valence-electron chi connectivity index (χ3n) is 2.96. The van der Waals surface area contributed by atoms with Gasteiger partial charge in [-0.2, -0.15) is 18.4 Å². The summed E-state index contributed by atoms with van der Waals surface area (Å²) < 4.78 is 36.2. The molecule has 2 rings (SSSR count). The van der Waals surface area contributed by atoms with Gasteiger partial charge >= 0.3 is 6.18 Å². The number of amidine groups is 1. The lowest BCUT2D eigenvalue weighted by Crippen LogP contribution is -2.46. The number of hydrogen-bond acceptors (Lipinski definition) is 5. The standard InChI is InChI=1S/C12H10F3N3OS2/c1-6(8-4-3-7(5-16)20-8)17-10-18-9(19)11(2,21-10)12(13,14)15/h3-4,6H,1-2H3,(H,17,18,19)/t6-,11?/m0/s1. The van der Waals surface area contributed by atoms with Crippen molar-refractivity contribution in [1.82, 2.24) is 5.32 Å². The van der Waals surface area contributed by atoms with Crippen LogP contribution < -0.4 is 5.32 Å². The van der Waals surface area contributed by atoms with Crippen LogP contribution in [0, 0.1) is 11.3 Å². The molecule has 112 valence electrons. The zero-order valence-corrected chi connectivity index (χ0v) is 12.6. The Balaban J connectivity index is 2.20. The topological polar surface area (TPSA) is 65.2 Å². The van der Waals surface area contributed by atoms with E-state index in [9.17, 15) is 18.0 Å². The summed E-state index contributed by atoms with van der Waals surface area (Å²) in [5.41, 5.74) is 0. The maximum absolute atomic E-state index is 12.9. The molecular weight excluding hydrogens is 323 g/mol. The minimum atomic E-state index is -4.65. The number of halogens is 3. The third kappa shape index (κ3) is 2.91. The van der Waals surface area contributed by atoms with E-state index in [0.717, 1.165) is 11.8 Å². The third-order valence-corrected chi connectivity index (χ3v) is 5.34. The normalized spacial score (nSPS) is 25.7. The number of nitriles is 1. The van der Waals surface area contributed by atoms with Gasteiger partial charge in [-0.05, 0) is 26.0 Å². The molecule has 1 saturated heterocycles. The number of nitrogens with one attached hydrogen (secondary N) is 1. The summed E-state index contributed by atoms with van der Waals surface area (Å²) >= 11 is 1.59. The number of hydrogen-bond donors (Lipinski definition) is 1. The van der Waals surface area contributed by atoms with Gasteiger partial charge in [-0.3, -0.25) is 9.79 Å². The van der Waals surface area contributed by atoms with Gasteiger partial charge in [0.1, 0.15) is 10.9 Å². The smallest absolute Gasteiger partial charge is 0.304 e. The average Bonchev–Trinajstić information content (AvgIpc) is 2.95. The largest absolute Gasteiger partial charge is 0.412 e. The SMILES string of the molecule is C[C@H](N=C1NC(=O)C(C)(C(F)(F)F)S1)c1ccc(C#N)s1. The Labute approximate surface area is 127 Å². The molecule has 9 heteroatoms. The summed E-state index contributed by atoms with van der Waals surface area (Å²) in [7, 11) is 0. The van der Waals surface area contributed by atoms with Crippen LogP contribution in [0.15, 0.2) is 17.1 Å². The van der Waals surface area contributed by atoms with E-state index < -0.39 is 22.9 Å². The predicted octanol–water partition coefficient (Wildman–Crippen LogP) is 3.22. The highest BCUT2D eigenvalue weighted by molar-refractivity contribution is 8.16. The van der Waals surface area contributed by atoms with E-state index in [-0.39, 0.29) is 5.17 Å². The van der Waals surface area contributed by atoms with Gasteiger partial charge in [-0.1, -0.05) is 11.8 Å². The first-order valence-corrected chi connectivity index (χ1v) is 7.45. The summed E-state index contributed by atoms with van der Waals surface area (Å²) in [5, 5.41) is 10.9. The van der Waals surface area contributed by atoms with Crippen LogP contribution in [0.1, 0.15) is 29.6 Å². The molecule has 0 saturated carbocycles. The second-order valence-electron chi connectivity index (χ2n) is 4.51. The van der Waals surface area contributed by atoms with Crippen LogP contribution in [0.3, 0.4) is 0 Å². The Bertz CT molecular complexity index is 647.